The maximum absolute atomic E-state index is 12.8. The van der Waals surface area contributed by atoms with Crippen LogP contribution in [-0.2, 0) is 0 Å². The molecule has 0 aliphatic rings. The quantitative estimate of drug-likeness (QED) is 0.592. The van der Waals surface area contributed by atoms with Crippen LogP contribution in [0.25, 0.3) is 0 Å². The summed E-state index contributed by atoms with van der Waals surface area (Å²) >= 11 is 8.53. The molecule has 0 radical (unpaired) electrons. The van der Waals surface area contributed by atoms with Crippen LogP contribution in [0.5, 0.6) is 0 Å². The Balaban J connectivity index is 3.28. The Hall–Kier alpha value is -0.410. The van der Waals surface area contributed by atoms with Crippen LogP contribution >= 0.6 is 27.5 Å². The monoisotopic (exact) mass is 264 g/mol. The lowest BCUT2D eigenvalue weighted by molar-refractivity contribution is 0.101. The minimum atomic E-state index is -0.365. The van der Waals surface area contributed by atoms with E-state index in [1.807, 2.05) is 0 Å². The fourth-order valence-corrected chi connectivity index (χ4v) is 2.01. The number of hydrogen-bond donors (Lipinski definition) is 0. The number of aryl methyl sites for hydroxylation is 1. The third kappa shape index (κ3) is 2.29. The van der Waals surface area contributed by atoms with Gasteiger partial charge in [0.05, 0.1) is 5.88 Å². The van der Waals surface area contributed by atoms with Gasteiger partial charge in [0.15, 0.2) is 5.78 Å². The van der Waals surface area contributed by atoms with Crippen molar-refractivity contribution in [2.24, 2.45) is 0 Å². The Morgan fingerprint density at radius 2 is 2.23 bits per heavy atom. The highest BCUT2D eigenvalue weighted by molar-refractivity contribution is 9.10. The Kier molecular flexibility index (Phi) is 3.45. The van der Waals surface area contributed by atoms with Gasteiger partial charge < -0.3 is 0 Å². The van der Waals surface area contributed by atoms with Gasteiger partial charge in [-0.3, -0.25) is 4.79 Å². The van der Waals surface area contributed by atoms with Crippen LogP contribution in [0.15, 0.2) is 16.6 Å². The highest BCUT2D eigenvalue weighted by atomic mass is 79.9. The summed E-state index contributed by atoms with van der Waals surface area (Å²) in [6.07, 6.45) is 0. The molecule has 0 atom stereocenters. The van der Waals surface area contributed by atoms with Gasteiger partial charge in [0.2, 0.25) is 0 Å². The molecule has 1 aromatic rings. The van der Waals surface area contributed by atoms with Crippen molar-refractivity contribution in [3.05, 3.63) is 33.5 Å². The van der Waals surface area contributed by atoms with Gasteiger partial charge in [-0.1, -0.05) is 0 Å². The number of ketones is 1. The number of alkyl halides is 1. The maximum atomic E-state index is 12.8. The van der Waals surface area contributed by atoms with Crippen LogP contribution in [0, 0.1) is 12.7 Å². The smallest absolute Gasteiger partial charge is 0.178 e. The van der Waals surface area contributed by atoms with Gasteiger partial charge in [-0.05, 0) is 40.5 Å². The van der Waals surface area contributed by atoms with E-state index >= 15 is 0 Å². The molecule has 0 aliphatic heterocycles. The second-order valence-electron chi connectivity index (χ2n) is 2.64. The molecule has 0 heterocycles. The van der Waals surface area contributed by atoms with E-state index in [1.165, 1.54) is 12.1 Å². The summed E-state index contributed by atoms with van der Waals surface area (Å²) in [7, 11) is 0. The molecule has 0 N–H and O–H groups in total. The van der Waals surface area contributed by atoms with E-state index in [0.717, 1.165) is 0 Å². The molecule has 0 amide bonds. The van der Waals surface area contributed by atoms with E-state index in [9.17, 15) is 9.18 Å². The standard InChI is InChI=1S/C9H7BrClFO/c1-5-2-6(12)3-7(10)9(5)8(13)4-11/h2-3H,4H2,1H3. The first-order valence-electron chi connectivity index (χ1n) is 3.61. The fraction of sp³-hybridized carbons (Fsp3) is 0.222. The summed E-state index contributed by atoms with van der Waals surface area (Å²) in [5.41, 5.74) is 1.05. The predicted octanol–water partition coefficient (Wildman–Crippen LogP) is 3.32. The molecular weight excluding hydrogens is 258 g/mol. The largest absolute Gasteiger partial charge is 0.293 e. The van der Waals surface area contributed by atoms with Crippen molar-refractivity contribution in [3.8, 4) is 0 Å². The van der Waals surface area contributed by atoms with E-state index < -0.39 is 0 Å². The third-order valence-corrected chi connectivity index (χ3v) is 2.52. The Labute approximate surface area is 89.0 Å². The zero-order chi connectivity index (χ0) is 10.0. The Morgan fingerprint density at radius 3 is 2.69 bits per heavy atom. The summed E-state index contributed by atoms with van der Waals surface area (Å²) < 4.78 is 13.3. The van der Waals surface area contributed by atoms with E-state index in [1.54, 1.807) is 6.92 Å². The average molecular weight is 266 g/mol. The molecule has 0 bridgehead atoms. The minimum Gasteiger partial charge on any atom is -0.293 e. The molecule has 0 unspecified atom stereocenters. The van der Waals surface area contributed by atoms with Crippen LogP contribution in [0.3, 0.4) is 0 Å². The summed E-state index contributed by atoms with van der Waals surface area (Å²) in [4.78, 5) is 11.3. The molecule has 1 rings (SSSR count). The molecule has 0 saturated carbocycles. The lowest BCUT2D eigenvalue weighted by atomic mass is 10.1. The molecule has 0 aromatic heterocycles. The first-order chi connectivity index (χ1) is 6.06. The third-order valence-electron chi connectivity index (χ3n) is 1.65. The van der Waals surface area contributed by atoms with Crippen molar-refractivity contribution in [1.82, 2.24) is 0 Å². The molecule has 13 heavy (non-hydrogen) atoms. The van der Waals surface area contributed by atoms with Crippen molar-refractivity contribution in [1.29, 1.82) is 0 Å². The second-order valence-corrected chi connectivity index (χ2v) is 3.76. The summed E-state index contributed by atoms with van der Waals surface area (Å²) in [5, 5.41) is 0. The molecule has 0 aliphatic carbocycles. The lowest BCUT2D eigenvalue weighted by Gasteiger charge is -2.05. The number of Topliss-reactive ketones (excluding diaryl/α,β-unsaturated/α-hetero) is 1. The lowest BCUT2D eigenvalue weighted by Crippen LogP contribution is -2.04. The van der Waals surface area contributed by atoms with Crippen molar-refractivity contribution in [3.63, 3.8) is 0 Å². The normalized spacial score (nSPS) is 10.2. The molecule has 0 saturated heterocycles. The highest BCUT2D eigenvalue weighted by Crippen LogP contribution is 2.22. The van der Waals surface area contributed by atoms with Gasteiger partial charge >= 0.3 is 0 Å². The van der Waals surface area contributed by atoms with Gasteiger partial charge in [-0.2, -0.15) is 0 Å². The minimum absolute atomic E-state index is 0.0922. The second kappa shape index (κ2) is 4.20. The van der Waals surface area contributed by atoms with E-state index in [2.05, 4.69) is 15.9 Å². The van der Waals surface area contributed by atoms with Gasteiger partial charge in [0.1, 0.15) is 5.82 Å². The molecule has 0 fully saturated rings. The average Bonchev–Trinajstić information content (AvgIpc) is 2.02. The van der Waals surface area contributed by atoms with E-state index in [0.29, 0.717) is 15.6 Å². The Morgan fingerprint density at radius 1 is 1.62 bits per heavy atom. The van der Waals surface area contributed by atoms with E-state index in [-0.39, 0.29) is 17.5 Å². The van der Waals surface area contributed by atoms with Crippen LogP contribution in [0.4, 0.5) is 4.39 Å². The van der Waals surface area contributed by atoms with Crippen molar-refractivity contribution >= 4 is 33.3 Å². The summed E-state index contributed by atoms with van der Waals surface area (Å²) in [5.74, 6) is -0.660. The van der Waals surface area contributed by atoms with Gasteiger partial charge in [0.25, 0.3) is 0 Å². The molecule has 0 spiro atoms. The Bertz CT molecular complexity index is 328. The van der Waals surface area contributed by atoms with Crippen LogP contribution in [0.1, 0.15) is 15.9 Å². The van der Waals surface area contributed by atoms with Crippen molar-refractivity contribution in [2.45, 2.75) is 6.92 Å². The van der Waals surface area contributed by atoms with Gasteiger partial charge in [-0.15, -0.1) is 11.6 Å². The first-order valence-corrected chi connectivity index (χ1v) is 4.94. The number of halogens is 3. The number of rotatable bonds is 2. The molecule has 70 valence electrons. The maximum Gasteiger partial charge on any atom is 0.178 e. The first kappa shape index (κ1) is 10.7. The summed E-state index contributed by atoms with van der Waals surface area (Å²) in [6.45, 7) is 1.67. The zero-order valence-corrected chi connectivity index (χ0v) is 9.25. The van der Waals surface area contributed by atoms with Gasteiger partial charge in [-0.25, -0.2) is 4.39 Å². The number of carbonyl (C=O) groups excluding carboxylic acids is 1. The molecular formula is C9H7BrClFO. The number of carbonyl (C=O) groups is 1. The van der Waals surface area contributed by atoms with Crippen LogP contribution in [-0.4, -0.2) is 11.7 Å². The number of hydrogen-bond acceptors (Lipinski definition) is 1. The van der Waals surface area contributed by atoms with Crippen LogP contribution < -0.4 is 0 Å². The van der Waals surface area contributed by atoms with Gasteiger partial charge in [0, 0.05) is 10.0 Å². The molecule has 1 nitrogen and oxygen atoms in total. The predicted molar refractivity (Wildman–Crippen MR) is 53.9 cm³/mol. The highest BCUT2D eigenvalue weighted by Gasteiger charge is 2.13. The van der Waals surface area contributed by atoms with Crippen LogP contribution in [0.2, 0.25) is 0 Å². The topological polar surface area (TPSA) is 17.1 Å². The SMILES string of the molecule is Cc1cc(F)cc(Br)c1C(=O)CCl. The fourth-order valence-electron chi connectivity index (χ4n) is 1.12. The van der Waals surface area contributed by atoms with Crippen molar-refractivity contribution in [2.75, 3.05) is 5.88 Å². The molecule has 1 aromatic carbocycles. The zero-order valence-electron chi connectivity index (χ0n) is 6.90. The number of benzene rings is 1. The van der Waals surface area contributed by atoms with E-state index in [4.69, 9.17) is 11.6 Å². The molecule has 4 heteroatoms. The van der Waals surface area contributed by atoms with Crippen molar-refractivity contribution < 1.29 is 9.18 Å². The summed E-state index contributed by atoms with van der Waals surface area (Å²) in [6, 6.07) is 2.57.